The van der Waals surface area contributed by atoms with E-state index in [1.165, 1.54) is 57.8 Å². The maximum Gasteiger partial charge on any atom is 0.00695 e. The fraction of sp³-hybridized carbons (Fsp3) is 1.00. The molecule has 2 unspecified atom stereocenters. The lowest BCUT2D eigenvalue weighted by Gasteiger charge is -2.31. The summed E-state index contributed by atoms with van der Waals surface area (Å²) in [6.45, 7) is 7.02. The molecule has 0 bridgehead atoms. The van der Waals surface area contributed by atoms with Gasteiger partial charge >= 0.3 is 0 Å². The van der Waals surface area contributed by atoms with E-state index in [1.54, 1.807) is 0 Å². The molecule has 1 nitrogen and oxygen atoms in total. The van der Waals surface area contributed by atoms with Crippen LogP contribution in [0.3, 0.4) is 0 Å². The van der Waals surface area contributed by atoms with E-state index in [9.17, 15) is 0 Å². The zero-order chi connectivity index (χ0) is 11.8. The van der Waals surface area contributed by atoms with Crippen molar-refractivity contribution in [2.45, 2.75) is 90.6 Å². The Hall–Kier alpha value is -0.0400. The molecule has 0 aromatic carbocycles. The summed E-state index contributed by atoms with van der Waals surface area (Å²) in [5.41, 5.74) is 0. The molecular weight excluding hydrogens is 194 g/mol. The van der Waals surface area contributed by atoms with E-state index in [4.69, 9.17) is 0 Å². The van der Waals surface area contributed by atoms with Crippen molar-refractivity contribution in [1.82, 2.24) is 5.32 Å². The van der Waals surface area contributed by atoms with Crippen molar-refractivity contribution < 1.29 is 0 Å². The molecule has 0 aliphatic heterocycles. The minimum absolute atomic E-state index is 0.738. The van der Waals surface area contributed by atoms with Gasteiger partial charge in [-0.15, -0.1) is 0 Å². The van der Waals surface area contributed by atoms with Gasteiger partial charge in [0.25, 0.3) is 0 Å². The number of hydrogen-bond donors (Lipinski definition) is 1. The third-order valence-corrected chi connectivity index (χ3v) is 4.25. The van der Waals surface area contributed by atoms with Gasteiger partial charge in [0.2, 0.25) is 0 Å². The van der Waals surface area contributed by atoms with Crippen molar-refractivity contribution in [2.24, 2.45) is 5.92 Å². The average Bonchev–Trinajstić information content (AvgIpc) is 2.35. The van der Waals surface area contributed by atoms with Gasteiger partial charge in [-0.05, 0) is 38.5 Å². The van der Waals surface area contributed by atoms with Crippen molar-refractivity contribution in [2.75, 3.05) is 0 Å². The van der Waals surface area contributed by atoms with Crippen LogP contribution in [0, 0.1) is 5.92 Å². The van der Waals surface area contributed by atoms with E-state index in [2.05, 4.69) is 26.1 Å². The highest BCUT2D eigenvalue weighted by molar-refractivity contribution is 4.79. The van der Waals surface area contributed by atoms with Crippen LogP contribution in [-0.4, -0.2) is 12.1 Å². The highest BCUT2D eigenvalue weighted by Crippen LogP contribution is 2.26. The van der Waals surface area contributed by atoms with E-state index in [0.29, 0.717) is 0 Å². The van der Waals surface area contributed by atoms with Gasteiger partial charge in [-0.1, -0.05) is 46.0 Å². The Morgan fingerprint density at radius 3 is 2.38 bits per heavy atom. The molecule has 0 heterocycles. The Balaban J connectivity index is 2.26. The van der Waals surface area contributed by atoms with E-state index in [1.807, 2.05) is 0 Å². The van der Waals surface area contributed by atoms with Crippen molar-refractivity contribution in [3.05, 3.63) is 0 Å². The molecule has 0 aromatic rings. The third-order valence-electron chi connectivity index (χ3n) is 4.25. The Morgan fingerprint density at radius 2 is 1.81 bits per heavy atom. The molecule has 0 amide bonds. The molecule has 1 heteroatoms. The SMILES string of the molecule is CCCCC(CC)NC(C)C1CCCCC1. The lowest BCUT2D eigenvalue weighted by atomic mass is 9.84. The van der Waals surface area contributed by atoms with Gasteiger partial charge in [0.15, 0.2) is 0 Å². The van der Waals surface area contributed by atoms with Crippen molar-refractivity contribution in [3.63, 3.8) is 0 Å². The predicted molar refractivity (Wildman–Crippen MR) is 72.8 cm³/mol. The van der Waals surface area contributed by atoms with Crippen LogP contribution < -0.4 is 5.32 Å². The topological polar surface area (TPSA) is 12.0 Å². The van der Waals surface area contributed by atoms with Crippen LogP contribution >= 0.6 is 0 Å². The summed E-state index contributed by atoms with van der Waals surface area (Å²) in [4.78, 5) is 0. The number of nitrogens with one attached hydrogen (secondary N) is 1. The lowest BCUT2D eigenvalue weighted by molar-refractivity contribution is 0.256. The van der Waals surface area contributed by atoms with Gasteiger partial charge in [0.05, 0.1) is 0 Å². The lowest BCUT2D eigenvalue weighted by Crippen LogP contribution is -2.41. The average molecular weight is 225 g/mol. The summed E-state index contributed by atoms with van der Waals surface area (Å²) in [6.07, 6.45) is 12.7. The zero-order valence-corrected chi connectivity index (χ0v) is 11.6. The Morgan fingerprint density at radius 1 is 1.12 bits per heavy atom. The van der Waals surface area contributed by atoms with Crippen LogP contribution in [0.2, 0.25) is 0 Å². The molecular formula is C15H31N. The van der Waals surface area contributed by atoms with Crippen molar-refractivity contribution >= 4 is 0 Å². The van der Waals surface area contributed by atoms with Crippen LogP contribution in [-0.2, 0) is 0 Å². The first-order valence-electron chi connectivity index (χ1n) is 7.54. The smallest absolute Gasteiger partial charge is 0.00695 e. The second kappa shape index (κ2) is 8.11. The molecule has 0 radical (unpaired) electrons. The van der Waals surface area contributed by atoms with E-state index in [-0.39, 0.29) is 0 Å². The molecule has 1 N–H and O–H groups in total. The molecule has 1 fully saturated rings. The first-order chi connectivity index (χ1) is 7.77. The minimum Gasteiger partial charge on any atom is -0.311 e. The molecule has 0 saturated heterocycles. The quantitative estimate of drug-likeness (QED) is 0.672. The molecule has 1 aliphatic carbocycles. The Bertz CT molecular complexity index is 161. The van der Waals surface area contributed by atoms with Crippen LogP contribution in [0.15, 0.2) is 0 Å². The molecule has 0 spiro atoms. The van der Waals surface area contributed by atoms with Gasteiger partial charge in [0, 0.05) is 12.1 Å². The standard InChI is InChI=1S/C15H31N/c1-4-6-12-15(5-2)16-13(3)14-10-8-7-9-11-14/h13-16H,4-12H2,1-3H3. The molecule has 1 saturated carbocycles. The van der Waals surface area contributed by atoms with Crippen molar-refractivity contribution in [1.29, 1.82) is 0 Å². The first-order valence-corrected chi connectivity index (χ1v) is 7.54. The molecule has 0 aromatic heterocycles. The van der Waals surface area contributed by atoms with Crippen LogP contribution in [0.25, 0.3) is 0 Å². The largest absolute Gasteiger partial charge is 0.311 e. The highest BCUT2D eigenvalue weighted by atomic mass is 14.9. The van der Waals surface area contributed by atoms with Crippen molar-refractivity contribution in [3.8, 4) is 0 Å². The van der Waals surface area contributed by atoms with Gasteiger partial charge in [-0.3, -0.25) is 0 Å². The summed E-state index contributed by atoms with van der Waals surface area (Å²) in [5.74, 6) is 0.949. The Labute approximate surface area is 102 Å². The monoisotopic (exact) mass is 225 g/mol. The molecule has 16 heavy (non-hydrogen) atoms. The summed E-state index contributed by atoms with van der Waals surface area (Å²) in [7, 11) is 0. The molecule has 1 rings (SSSR count). The number of rotatable bonds is 7. The number of unbranched alkanes of at least 4 members (excludes halogenated alkanes) is 1. The molecule has 2 atom stereocenters. The molecule has 96 valence electrons. The summed E-state index contributed by atoms with van der Waals surface area (Å²) >= 11 is 0. The van der Waals surface area contributed by atoms with Gasteiger partial charge in [-0.2, -0.15) is 0 Å². The van der Waals surface area contributed by atoms with Crippen LogP contribution in [0.1, 0.15) is 78.6 Å². The maximum atomic E-state index is 3.87. The van der Waals surface area contributed by atoms with E-state index < -0.39 is 0 Å². The van der Waals surface area contributed by atoms with E-state index in [0.717, 1.165) is 18.0 Å². The fourth-order valence-corrected chi connectivity index (χ4v) is 3.00. The predicted octanol–water partition coefficient (Wildman–Crippen LogP) is 4.51. The number of hydrogen-bond acceptors (Lipinski definition) is 1. The fourth-order valence-electron chi connectivity index (χ4n) is 3.00. The highest BCUT2D eigenvalue weighted by Gasteiger charge is 2.21. The van der Waals surface area contributed by atoms with Gasteiger partial charge in [-0.25, -0.2) is 0 Å². The zero-order valence-electron chi connectivity index (χ0n) is 11.6. The second-order valence-corrected chi connectivity index (χ2v) is 5.60. The molecule has 1 aliphatic rings. The van der Waals surface area contributed by atoms with E-state index >= 15 is 0 Å². The van der Waals surface area contributed by atoms with Crippen LogP contribution in [0.5, 0.6) is 0 Å². The first kappa shape index (κ1) is 14.0. The Kier molecular flexibility index (Phi) is 7.11. The normalized spacial score (nSPS) is 21.9. The minimum atomic E-state index is 0.738. The van der Waals surface area contributed by atoms with Crippen LogP contribution in [0.4, 0.5) is 0 Å². The second-order valence-electron chi connectivity index (χ2n) is 5.60. The summed E-state index contributed by atoms with van der Waals surface area (Å²) in [5, 5.41) is 3.87. The van der Waals surface area contributed by atoms with Gasteiger partial charge < -0.3 is 5.32 Å². The third kappa shape index (κ3) is 4.86. The van der Waals surface area contributed by atoms with Gasteiger partial charge in [0.1, 0.15) is 0 Å². The summed E-state index contributed by atoms with van der Waals surface area (Å²) < 4.78 is 0. The summed E-state index contributed by atoms with van der Waals surface area (Å²) in [6, 6.07) is 1.50. The maximum absolute atomic E-state index is 3.87.